The highest BCUT2D eigenvalue weighted by Crippen LogP contribution is 2.43. The number of anilines is 2. The molecule has 0 aliphatic heterocycles. The van der Waals surface area contributed by atoms with E-state index in [2.05, 4.69) is 5.32 Å². The summed E-state index contributed by atoms with van der Waals surface area (Å²) in [4.78, 5) is 36.3. The first-order chi connectivity index (χ1) is 13.4. The molecule has 8 nitrogen and oxygen atoms in total. The van der Waals surface area contributed by atoms with Crippen molar-refractivity contribution in [1.29, 1.82) is 0 Å². The number of rotatable bonds is 3. The Hall–Kier alpha value is -4.20. The van der Waals surface area contributed by atoms with E-state index in [1.54, 1.807) is 24.3 Å². The SMILES string of the molecule is O=C1c2c(ccc(Nc3ccccc3)c2O)C(=O)c2c([N+](=O)[O-])ccc(O)c21. The van der Waals surface area contributed by atoms with Crippen LogP contribution in [-0.4, -0.2) is 26.7 Å². The van der Waals surface area contributed by atoms with Gasteiger partial charge in [0.05, 0.1) is 21.7 Å². The van der Waals surface area contributed by atoms with Gasteiger partial charge in [0.1, 0.15) is 11.3 Å². The summed E-state index contributed by atoms with van der Waals surface area (Å²) in [7, 11) is 0. The van der Waals surface area contributed by atoms with Crippen molar-refractivity contribution >= 4 is 28.6 Å². The van der Waals surface area contributed by atoms with Gasteiger partial charge < -0.3 is 15.5 Å². The lowest BCUT2D eigenvalue weighted by atomic mass is 9.82. The number of nitro benzene ring substituents is 1. The number of ketones is 2. The molecule has 0 spiro atoms. The van der Waals surface area contributed by atoms with Crippen LogP contribution in [0, 0.1) is 10.1 Å². The molecule has 0 fully saturated rings. The van der Waals surface area contributed by atoms with Crippen LogP contribution in [0.1, 0.15) is 31.8 Å². The zero-order chi connectivity index (χ0) is 20.0. The Bertz CT molecular complexity index is 1170. The van der Waals surface area contributed by atoms with Crippen LogP contribution < -0.4 is 5.32 Å². The quantitative estimate of drug-likeness (QED) is 0.283. The fourth-order valence-corrected chi connectivity index (χ4v) is 3.24. The summed E-state index contributed by atoms with van der Waals surface area (Å²) in [5, 5.41) is 34.9. The third-order valence-electron chi connectivity index (χ3n) is 4.51. The lowest BCUT2D eigenvalue weighted by molar-refractivity contribution is -0.385. The van der Waals surface area contributed by atoms with Gasteiger partial charge in [0.25, 0.3) is 5.69 Å². The largest absolute Gasteiger partial charge is 0.507 e. The lowest BCUT2D eigenvalue weighted by Gasteiger charge is -2.20. The van der Waals surface area contributed by atoms with Crippen molar-refractivity contribution in [2.45, 2.75) is 0 Å². The third kappa shape index (κ3) is 2.47. The molecule has 0 atom stereocenters. The van der Waals surface area contributed by atoms with Crippen molar-refractivity contribution in [2.24, 2.45) is 0 Å². The molecule has 0 saturated carbocycles. The second-order valence-electron chi connectivity index (χ2n) is 6.14. The number of fused-ring (bicyclic) bond motifs is 2. The number of aromatic hydroxyl groups is 2. The molecule has 0 saturated heterocycles. The third-order valence-corrected chi connectivity index (χ3v) is 4.51. The van der Waals surface area contributed by atoms with E-state index in [-0.39, 0.29) is 16.8 Å². The van der Waals surface area contributed by atoms with Crippen molar-refractivity contribution in [3.63, 3.8) is 0 Å². The van der Waals surface area contributed by atoms with E-state index in [0.29, 0.717) is 5.69 Å². The summed E-state index contributed by atoms with van der Waals surface area (Å²) < 4.78 is 0. The number of benzene rings is 3. The molecule has 8 heteroatoms. The highest BCUT2D eigenvalue weighted by Gasteiger charge is 2.39. The van der Waals surface area contributed by atoms with E-state index in [1.165, 1.54) is 12.1 Å². The van der Waals surface area contributed by atoms with Gasteiger partial charge in [-0.2, -0.15) is 0 Å². The van der Waals surface area contributed by atoms with Crippen LogP contribution in [0.4, 0.5) is 17.1 Å². The summed E-state index contributed by atoms with van der Waals surface area (Å²) in [6.07, 6.45) is 0. The van der Waals surface area contributed by atoms with Crippen LogP contribution in [-0.2, 0) is 0 Å². The van der Waals surface area contributed by atoms with Crippen LogP contribution >= 0.6 is 0 Å². The molecule has 3 N–H and O–H groups in total. The Morgan fingerprint density at radius 2 is 1.54 bits per heavy atom. The van der Waals surface area contributed by atoms with E-state index in [0.717, 1.165) is 12.1 Å². The second kappa shape index (κ2) is 6.20. The molecule has 0 bridgehead atoms. The van der Waals surface area contributed by atoms with E-state index in [1.807, 2.05) is 6.07 Å². The van der Waals surface area contributed by atoms with Crippen LogP contribution in [0.5, 0.6) is 11.5 Å². The van der Waals surface area contributed by atoms with Crippen LogP contribution in [0.3, 0.4) is 0 Å². The average Bonchev–Trinajstić information content (AvgIpc) is 2.68. The predicted molar refractivity (Wildman–Crippen MR) is 99.5 cm³/mol. The van der Waals surface area contributed by atoms with Gasteiger partial charge in [0, 0.05) is 17.3 Å². The molecule has 0 aromatic heterocycles. The fraction of sp³-hybridized carbons (Fsp3) is 0. The highest BCUT2D eigenvalue weighted by molar-refractivity contribution is 6.32. The molecular formula is C20H12N2O6. The molecule has 4 rings (SSSR count). The normalized spacial score (nSPS) is 12.3. The zero-order valence-electron chi connectivity index (χ0n) is 14.2. The van der Waals surface area contributed by atoms with Gasteiger partial charge in [-0.1, -0.05) is 18.2 Å². The molecule has 3 aromatic rings. The Morgan fingerprint density at radius 3 is 2.21 bits per heavy atom. The first-order valence-corrected chi connectivity index (χ1v) is 8.18. The number of nitrogens with zero attached hydrogens (tertiary/aromatic N) is 1. The summed E-state index contributed by atoms with van der Waals surface area (Å²) in [5.74, 6) is -2.71. The van der Waals surface area contributed by atoms with E-state index >= 15 is 0 Å². The number of carbonyl (C=O) groups is 2. The fourth-order valence-electron chi connectivity index (χ4n) is 3.24. The van der Waals surface area contributed by atoms with Gasteiger partial charge in [-0.15, -0.1) is 0 Å². The maximum absolute atomic E-state index is 13.0. The Kier molecular flexibility index (Phi) is 3.82. The predicted octanol–water partition coefficient (Wildman–Crippen LogP) is 3.53. The second-order valence-corrected chi connectivity index (χ2v) is 6.14. The first kappa shape index (κ1) is 17.2. The van der Waals surface area contributed by atoms with Gasteiger partial charge in [0.15, 0.2) is 5.75 Å². The minimum Gasteiger partial charge on any atom is -0.507 e. The zero-order valence-corrected chi connectivity index (χ0v) is 14.2. The molecule has 1 aliphatic carbocycles. The molecule has 0 amide bonds. The van der Waals surface area contributed by atoms with Crippen LogP contribution in [0.2, 0.25) is 0 Å². The number of phenolic OH excluding ortho intramolecular Hbond substituents is 2. The first-order valence-electron chi connectivity index (χ1n) is 8.18. The minimum atomic E-state index is -0.861. The van der Waals surface area contributed by atoms with Crippen LogP contribution in [0.25, 0.3) is 0 Å². The van der Waals surface area contributed by atoms with E-state index in [9.17, 15) is 29.9 Å². The summed E-state index contributed by atoms with van der Waals surface area (Å²) in [6, 6.07) is 13.5. The molecule has 28 heavy (non-hydrogen) atoms. The molecule has 3 aromatic carbocycles. The number of hydrogen-bond acceptors (Lipinski definition) is 7. The molecule has 0 heterocycles. The minimum absolute atomic E-state index is 0.165. The highest BCUT2D eigenvalue weighted by atomic mass is 16.6. The molecule has 0 radical (unpaired) electrons. The Balaban J connectivity index is 1.90. The van der Waals surface area contributed by atoms with E-state index < -0.39 is 44.8 Å². The Morgan fingerprint density at radius 1 is 0.821 bits per heavy atom. The lowest BCUT2D eigenvalue weighted by Crippen LogP contribution is -2.22. The molecule has 1 aliphatic rings. The average molecular weight is 376 g/mol. The molecule has 0 unspecified atom stereocenters. The van der Waals surface area contributed by atoms with Gasteiger partial charge in [-0.3, -0.25) is 19.7 Å². The topological polar surface area (TPSA) is 130 Å². The maximum Gasteiger partial charge on any atom is 0.281 e. The smallest absolute Gasteiger partial charge is 0.281 e. The number of nitro groups is 1. The van der Waals surface area contributed by atoms with Crippen molar-refractivity contribution in [3.8, 4) is 11.5 Å². The van der Waals surface area contributed by atoms with Gasteiger partial charge in [0.2, 0.25) is 11.6 Å². The summed E-state index contributed by atoms with van der Waals surface area (Å²) >= 11 is 0. The molecule has 138 valence electrons. The van der Waals surface area contributed by atoms with Crippen molar-refractivity contribution < 1.29 is 24.7 Å². The van der Waals surface area contributed by atoms with Gasteiger partial charge in [-0.05, 0) is 30.3 Å². The van der Waals surface area contributed by atoms with Crippen molar-refractivity contribution in [3.05, 3.63) is 87.0 Å². The van der Waals surface area contributed by atoms with Crippen molar-refractivity contribution in [1.82, 2.24) is 0 Å². The number of hydrogen-bond donors (Lipinski definition) is 3. The number of nitrogens with one attached hydrogen (secondary N) is 1. The molecular weight excluding hydrogens is 364 g/mol. The maximum atomic E-state index is 13.0. The summed E-state index contributed by atoms with van der Waals surface area (Å²) in [6.45, 7) is 0. The van der Waals surface area contributed by atoms with Gasteiger partial charge >= 0.3 is 0 Å². The van der Waals surface area contributed by atoms with Gasteiger partial charge in [-0.25, -0.2) is 0 Å². The van der Waals surface area contributed by atoms with E-state index in [4.69, 9.17) is 0 Å². The number of para-hydroxylation sites is 1. The monoisotopic (exact) mass is 376 g/mol. The Labute approximate surface area is 157 Å². The number of carbonyl (C=O) groups excluding carboxylic acids is 2. The van der Waals surface area contributed by atoms with Crippen molar-refractivity contribution in [2.75, 3.05) is 5.32 Å². The van der Waals surface area contributed by atoms with Crippen LogP contribution in [0.15, 0.2) is 54.6 Å². The summed E-state index contributed by atoms with van der Waals surface area (Å²) in [5.41, 5.74) is -1.20. The standard InChI is InChI=1S/C20H12N2O6/c23-14-9-8-13(22(27)28)16-17(14)20(26)15-11(18(16)24)6-7-12(19(15)25)21-10-4-2-1-3-5-10/h1-9,21,23,25H. The number of phenols is 2.